The number of nitro benzene ring substituents is 1. The fourth-order valence-electron chi connectivity index (χ4n) is 3.18. The number of nitro groups is 1. The molecule has 2 heterocycles. The first kappa shape index (κ1) is 21.2. The lowest BCUT2D eigenvalue weighted by molar-refractivity contribution is -0.384. The lowest BCUT2D eigenvalue weighted by atomic mass is 10.2. The average molecular weight is 450 g/mol. The van der Waals surface area contributed by atoms with Crippen LogP contribution >= 0.6 is 11.3 Å². The number of carbonyl (C=O) groups is 1. The summed E-state index contributed by atoms with van der Waals surface area (Å²) < 4.78 is 10.8. The van der Waals surface area contributed by atoms with Crippen molar-refractivity contribution in [2.24, 2.45) is 0 Å². The number of methoxy groups -OCH3 is 1. The van der Waals surface area contributed by atoms with Gasteiger partial charge in [0.25, 0.3) is 5.69 Å². The first-order valence-electron chi connectivity index (χ1n) is 9.52. The molecule has 2 aromatic heterocycles. The van der Waals surface area contributed by atoms with Gasteiger partial charge in [0.15, 0.2) is 0 Å². The molecule has 0 bridgehead atoms. The van der Waals surface area contributed by atoms with E-state index in [0.29, 0.717) is 37.9 Å². The van der Waals surface area contributed by atoms with Crippen LogP contribution < -0.4 is 10.1 Å². The molecule has 0 saturated carbocycles. The van der Waals surface area contributed by atoms with Gasteiger partial charge in [-0.1, -0.05) is 30.3 Å². The molecule has 0 unspecified atom stereocenters. The van der Waals surface area contributed by atoms with Crippen LogP contribution in [0, 0.1) is 17.0 Å². The SMILES string of the molecule is COc1ccc([N+](=O)[O-])cc1Nc1ncnc2sc(C(=O)OCc3ccccc3)c(C)c12. The van der Waals surface area contributed by atoms with Gasteiger partial charge in [-0.2, -0.15) is 0 Å². The number of anilines is 2. The van der Waals surface area contributed by atoms with E-state index >= 15 is 0 Å². The second kappa shape index (κ2) is 8.98. The van der Waals surface area contributed by atoms with Crippen molar-refractivity contribution < 1.29 is 19.2 Å². The van der Waals surface area contributed by atoms with Crippen molar-refractivity contribution in [3.05, 3.63) is 81.0 Å². The summed E-state index contributed by atoms with van der Waals surface area (Å²) in [6.07, 6.45) is 1.36. The Balaban J connectivity index is 1.66. The number of rotatable bonds is 7. The number of non-ortho nitro benzene ring substituents is 1. The maximum Gasteiger partial charge on any atom is 0.349 e. The van der Waals surface area contributed by atoms with Crippen LogP contribution in [-0.2, 0) is 11.3 Å². The maximum atomic E-state index is 12.7. The predicted octanol–water partition coefficient (Wildman–Crippen LogP) is 5.02. The number of esters is 1. The molecule has 10 heteroatoms. The van der Waals surface area contributed by atoms with Crippen LogP contribution in [0.4, 0.5) is 17.2 Å². The van der Waals surface area contributed by atoms with Crippen molar-refractivity contribution in [3.63, 3.8) is 0 Å². The Kier molecular flexibility index (Phi) is 5.95. The Morgan fingerprint density at radius 3 is 2.69 bits per heavy atom. The normalized spacial score (nSPS) is 10.7. The summed E-state index contributed by atoms with van der Waals surface area (Å²) in [5, 5.41) is 14.9. The maximum absolute atomic E-state index is 12.7. The molecule has 4 rings (SSSR count). The zero-order valence-electron chi connectivity index (χ0n) is 17.2. The monoisotopic (exact) mass is 450 g/mol. The van der Waals surface area contributed by atoms with Crippen LogP contribution in [-0.4, -0.2) is 28.0 Å². The van der Waals surface area contributed by atoms with Gasteiger partial charge in [-0.15, -0.1) is 11.3 Å². The fraction of sp³-hybridized carbons (Fsp3) is 0.136. The minimum absolute atomic E-state index is 0.0918. The number of aromatic nitrogens is 2. The number of thiophene rings is 1. The highest BCUT2D eigenvalue weighted by atomic mass is 32.1. The van der Waals surface area contributed by atoms with Crippen LogP contribution in [0.3, 0.4) is 0 Å². The lowest BCUT2D eigenvalue weighted by Crippen LogP contribution is -2.04. The van der Waals surface area contributed by atoms with Gasteiger partial charge >= 0.3 is 5.97 Å². The minimum Gasteiger partial charge on any atom is -0.495 e. The molecule has 0 aliphatic heterocycles. The first-order chi connectivity index (χ1) is 15.5. The third-order valence-corrected chi connectivity index (χ3v) is 5.95. The van der Waals surface area contributed by atoms with E-state index in [4.69, 9.17) is 9.47 Å². The molecule has 0 fully saturated rings. The molecular formula is C22H18N4O5S. The molecule has 0 spiro atoms. The number of ether oxygens (including phenoxy) is 2. The Bertz CT molecular complexity index is 1310. The number of nitrogens with one attached hydrogen (secondary N) is 1. The number of aryl methyl sites for hydroxylation is 1. The van der Waals surface area contributed by atoms with Gasteiger partial charge in [-0.05, 0) is 24.1 Å². The summed E-state index contributed by atoms with van der Waals surface area (Å²) in [5.41, 5.74) is 1.83. The topological polar surface area (TPSA) is 116 Å². The molecule has 0 aliphatic rings. The third kappa shape index (κ3) is 4.21. The van der Waals surface area contributed by atoms with Crippen molar-refractivity contribution in [1.29, 1.82) is 0 Å². The largest absolute Gasteiger partial charge is 0.495 e. The molecular weight excluding hydrogens is 432 g/mol. The zero-order valence-corrected chi connectivity index (χ0v) is 18.0. The molecule has 0 aliphatic carbocycles. The van der Waals surface area contributed by atoms with Gasteiger partial charge in [-0.3, -0.25) is 10.1 Å². The highest BCUT2D eigenvalue weighted by molar-refractivity contribution is 7.20. The number of carbonyl (C=O) groups excluding carboxylic acids is 1. The Labute approximate surface area is 186 Å². The Hall–Kier alpha value is -4.05. The predicted molar refractivity (Wildman–Crippen MR) is 121 cm³/mol. The van der Waals surface area contributed by atoms with E-state index in [1.54, 1.807) is 6.92 Å². The molecule has 32 heavy (non-hydrogen) atoms. The number of nitrogens with zero attached hydrogens (tertiary/aromatic N) is 3. The Morgan fingerprint density at radius 2 is 1.97 bits per heavy atom. The summed E-state index contributed by atoms with van der Waals surface area (Å²) in [5.74, 6) is 0.371. The summed E-state index contributed by atoms with van der Waals surface area (Å²) in [6, 6.07) is 13.6. The van der Waals surface area contributed by atoms with Crippen molar-refractivity contribution in [2.45, 2.75) is 13.5 Å². The zero-order chi connectivity index (χ0) is 22.7. The van der Waals surface area contributed by atoms with E-state index in [9.17, 15) is 14.9 Å². The van der Waals surface area contributed by atoms with Gasteiger partial charge in [0.2, 0.25) is 0 Å². The summed E-state index contributed by atoms with van der Waals surface area (Å²) in [7, 11) is 1.47. The average Bonchev–Trinajstić information content (AvgIpc) is 3.15. The molecule has 4 aromatic rings. The molecule has 2 aromatic carbocycles. The van der Waals surface area contributed by atoms with Crippen LogP contribution in [0.5, 0.6) is 5.75 Å². The molecule has 0 atom stereocenters. The summed E-state index contributed by atoms with van der Waals surface area (Å²) in [4.78, 5) is 33.0. The van der Waals surface area contributed by atoms with Crippen LogP contribution in [0.15, 0.2) is 54.9 Å². The van der Waals surface area contributed by atoms with Crippen LogP contribution in [0.25, 0.3) is 10.2 Å². The summed E-state index contributed by atoms with van der Waals surface area (Å²) in [6.45, 7) is 1.95. The molecule has 162 valence electrons. The smallest absolute Gasteiger partial charge is 0.349 e. The Morgan fingerprint density at radius 1 is 1.19 bits per heavy atom. The highest BCUT2D eigenvalue weighted by Gasteiger charge is 2.21. The second-order valence-corrected chi connectivity index (χ2v) is 7.79. The lowest BCUT2D eigenvalue weighted by Gasteiger charge is -2.11. The van der Waals surface area contributed by atoms with Crippen LogP contribution in [0.2, 0.25) is 0 Å². The second-order valence-electron chi connectivity index (χ2n) is 6.79. The minimum atomic E-state index is -0.489. The molecule has 9 nitrogen and oxygen atoms in total. The first-order valence-corrected chi connectivity index (χ1v) is 10.3. The van der Waals surface area contributed by atoms with Crippen molar-refractivity contribution in [1.82, 2.24) is 9.97 Å². The highest BCUT2D eigenvalue weighted by Crippen LogP contribution is 2.37. The number of fused-ring (bicyclic) bond motifs is 1. The van der Waals surface area contributed by atoms with E-state index in [-0.39, 0.29) is 12.3 Å². The standard InChI is InChI=1S/C22H18N4O5S/c1-13-18-20(25-16-10-15(26(28)29)8-9-17(16)30-2)23-12-24-21(18)32-19(13)22(27)31-11-14-6-4-3-5-7-14/h3-10,12H,11H2,1-2H3,(H,23,24,25). The third-order valence-electron chi connectivity index (χ3n) is 4.77. The van der Waals surface area contributed by atoms with Crippen molar-refractivity contribution in [2.75, 3.05) is 12.4 Å². The van der Waals surface area contributed by atoms with Gasteiger partial charge in [0.05, 0.1) is 23.1 Å². The number of hydrogen-bond donors (Lipinski definition) is 1. The number of hydrogen-bond acceptors (Lipinski definition) is 9. The van der Waals surface area contributed by atoms with E-state index in [2.05, 4.69) is 15.3 Å². The molecule has 0 saturated heterocycles. The van der Waals surface area contributed by atoms with Gasteiger partial charge in [0, 0.05) is 12.1 Å². The molecule has 1 N–H and O–H groups in total. The van der Waals surface area contributed by atoms with E-state index in [1.165, 1.54) is 43.0 Å². The van der Waals surface area contributed by atoms with Gasteiger partial charge in [0.1, 0.15) is 34.2 Å². The number of benzene rings is 2. The van der Waals surface area contributed by atoms with Gasteiger partial charge < -0.3 is 14.8 Å². The van der Waals surface area contributed by atoms with E-state index in [1.807, 2.05) is 30.3 Å². The quantitative estimate of drug-likeness (QED) is 0.237. The van der Waals surface area contributed by atoms with Crippen molar-refractivity contribution >= 4 is 44.7 Å². The van der Waals surface area contributed by atoms with Crippen LogP contribution in [0.1, 0.15) is 20.8 Å². The molecule has 0 amide bonds. The summed E-state index contributed by atoms with van der Waals surface area (Å²) >= 11 is 1.20. The van der Waals surface area contributed by atoms with E-state index in [0.717, 1.165) is 5.56 Å². The van der Waals surface area contributed by atoms with Gasteiger partial charge in [-0.25, -0.2) is 14.8 Å². The molecule has 0 radical (unpaired) electrons. The van der Waals surface area contributed by atoms with E-state index < -0.39 is 10.9 Å². The van der Waals surface area contributed by atoms with Crippen molar-refractivity contribution in [3.8, 4) is 5.75 Å². The fourth-order valence-corrected chi connectivity index (χ4v) is 4.23.